The molecule has 0 spiro atoms. The Balaban J connectivity index is 1.12. The molecule has 0 aromatic heterocycles. The number of rotatable bonds is 9. The fraction of sp³-hybridized carbons (Fsp3) is 0.556. The molecule has 7 nitrogen and oxygen atoms in total. The minimum Gasteiger partial charge on any atom is -0.382 e. The molecule has 2 fully saturated rings. The quantitative estimate of drug-likeness (QED) is 0.169. The van der Waals surface area contributed by atoms with E-state index in [0.29, 0.717) is 0 Å². The SMILES string of the molecule is O=[N+]([O-])c1ccc(NC2CCN(CCCCN3CCN(c4ccc(C(F)(F)F)cc4)CC3)CC2)cc1C(F)(F)F. The Kier molecular flexibility index (Phi) is 9.44. The third-order valence-electron chi connectivity index (χ3n) is 7.59. The molecule has 0 radical (unpaired) electrons. The summed E-state index contributed by atoms with van der Waals surface area (Å²) in [6, 6.07) is 8.34. The van der Waals surface area contributed by atoms with Gasteiger partial charge in [-0.05, 0) is 75.2 Å². The normalized spacial score (nSPS) is 18.2. The van der Waals surface area contributed by atoms with Gasteiger partial charge in [0.1, 0.15) is 5.56 Å². The average Bonchev–Trinajstić information content (AvgIpc) is 2.91. The Labute approximate surface area is 228 Å². The zero-order chi connectivity index (χ0) is 28.9. The van der Waals surface area contributed by atoms with E-state index < -0.39 is 34.1 Å². The van der Waals surface area contributed by atoms with Crippen LogP contribution in [0.25, 0.3) is 0 Å². The molecular formula is C27H33F6N5O2. The van der Waals surface area contributed by atoms with Crippen molar-refractivity contribution in [3.63, 3.8) is 0 Å². The summed E-state index contributed by atoms with van der Waals surface area (Å²) in [6.45, 7) is 6.80. The lowest BCUT2D eigenvalue weighted by Gasteiger charge is -2.36. The number of likely N-dealkylation sites (tertiary alicyclic amines) is 1. The largest absolute Gasteiger partial charge is 0.423 e. The number of hydrogen-bond acceptors (Lipinski definition) is 6. The molecule has 0 bridgehead atoms. The summed E-state index contributed by atoms with van der Waals surface area (Å²) in [7, 11) is 0. The first-order valence-electron chi connectivity index (χ1n) is 13.4. The molecule has 2 heterocycles. The van der Waals surface area contributed by atoms with E-state index in [9.17, 15) is 36.5 Å². The second kappa shape index (κ2) is 12.6. The van der Waals surface area contributed by atoms with Gasteiger partial charge in [0, 0.05) is 62.8 Å². The van der Waals surface area contributed by atoms with Crippen LogP contribution in [-0.4, -0.2) is 73.1 Å². The summed E-state index contributed by atoms with van der Waals surface area (Å²) in [5.74, 6) is 0. The third kappa shape index (κ3) is 8.00. The Morgan fingerprint density at radius 2 is 1.38 bits per heavy atom. The fourth-order valence-electron chi connectivity index (χ4n) is 5.31. The number of nitrogens with zero attached hydrogens (tertiary/aromatic N) is 4. The predicted octanol–water partition coefficient (Wildman–Crippen LogP) is 6.11. The van der Waals surface area contributed by atoms with Crippen LogP contribution in [0.3, 0.4) is 0 Å². The molecule has 2 aromatic rings. The maximum absolute atomic E-state index is 13.2. The first-order chi connectivity index (χ1) is 18.9. The van der Waals surface area contributed by atoms with Crippen molar-refractivity contribution in [1.29, 1.82) is 0 Å². The van der Waals surface area contributed by atoms with Crippen LogP contribution in [0.4, 0.5) is 43.4 Å². The number of nitro benzene ring substituents is 1. The number of halogens is 6. The Hall–Kier alpha value is -3.06. The van der Waals surface area contributed by atoms with Gasteiger partial charge in [-0.3, -0.25) is 15.0 Å². The number of anilines is 2. The van der Waals surface area contributed by atoms with Crippen LogP contribution in [0, 0.1) is 10.1 Å². The van der Waals surface area contributed by atoms with Gasteiger partial charge in [0.2, 0.25) is 0 Å². The van der Waals surface area contributed by atoms with E-state index in [1.54, 1.807) is 0 Å². The van der Waals surface area contributed by atoms with Crippen molar-refractivity contribution in [3.05, 3.63) is 63.7 Å². The topological polar surface area (TPSA) is 64.9 Å². The van der Waals surface area contributed by atoms with E-state index in [1.807, 2.05) is 0 Å². The molecule has 2 aliphatic heterocycles. The molecule has 0 unspecified atom stereocenters. The molecule has 0 amide bonds. The summed E-state index contributed by atoms with van der Waals surface area (Å²) < 4.78 is 78.1. The smallest absolute Gasteiger partial charge is 0.382 e. The Bertz CT molecular complexity index is 1130. The van der Waals surface area contributed by atoms with Crippen LogP contribution in [0.2, 0.25) is 0 Å². The highest BCUT2D eigenvalue weighted by atomic mass is 19.4. The van der Waals surface area contributed by atoms with Crippen molar-refractivity contribution < 1.29 is 31.3 Å². The number of benzene rings is 2. The second-order valence-corrected chi connectivity index (χ2v) is 10.3. The van der Waals surface area contributed by atoms with Crippen molar-refractivity contribution in [2.45, 2.75) is 44.1 Å². The predicted molar refractivity (Wildman–Crippen MR) is 141 cm³/mol. The van der Waals surface area contributed by atoms with E-state index in [0.717, 1.165) is 108 Å². The fourth-order valence-corrected chi connectivity index (χ4v) is 5.31. The third-order valence-corrected chi connectivity index (χ3v) is 7.59. The van der Waals surface area contributed by atoms with Crippen LogP contribution >= 0.6 is 0 Å². The number of alkyl halides is 6. The van der Waals surface area contributed by atoms with Crippen LogP contribution < -0.4 is 10.2 Å². The van der Waals surface area contributed by atoms with Gasteiger partial charge in [0.25, 0.3) is 5.69 Å². The Morgan fingerprint density at radius 3 is 1.90 bits per heavy atom. The summed E-state index contributed by atoms with van der Waals surface area (Å²) in [5, 5.41) is 14.1. The molecule has 220 valence electrons. The number of unbranched alkanes of at least 4 members (excludes halogenated alkanes) is 1. The molecule has 13 heteroatoms. The molecule has 0 saturated carbocycles. The van der Waals surface area contributed by atoms with Crippen molar-refractivity contribution in [1.82, 2.24) is 9.80 Å². The minimum atomic E-state index is -4.80. The van der Waals surface area contributed by atoms with Crippen LogP contribution in [-0.2, 0) is 12.4 Å². The van der Waals surface area contributed by atoms with E-state index >= 15 is 0 Å². The number of piperazine rings is 1. The summed E-state index contributed by atoms with van der Waals surface area (Å²) in [5.41, 5.74) is -1.80. The van der Waals surface area contributed by atoms with E-state index in [-0.39, 0.29) is 11.7 Å². The van der Waals surface area contributed by atoms with Crippen LogP contribution in [0.1, 0.15) is 36.8 Å². The molecule has 0 atom stereocenters. The number of nitro groups is 1. The van der Waals surface area contributed by atoms with Crippen molar-refractivity contribution in [2.75, 3.05) is 62.6 Å². The first-order valence-corrected chi connectivity index (χ1v) is 13.4. The van der Waals surface area contributed by atoms with Gasteiger partial charge >= 0.3 is 12.4 Å². The van der Waals surface area contributed by atoms with Gasteiger partial charge in [-0.1, -0.05) is 0 Å². The van der Waals surface area contributed by atoms with Gasteiger partial charge in [0.15, 0.2) is 0 Å². The molecular weight excluding hydrogens is 540 g/mol. The monoisotopic (exact) mass is 573 g/mol. The number of piperidine rings is 1. The minimum absolute atomic E-state index is 0.000230. The molecule has 2 aromatic carbocycles. The standard InChI is InChI=1S/C27H33F6N5O2/c28-26(29,30)20-3-6-23(7-4-20)37-17-15-36(16-18-37)12-2-1-11-35-13-9-21(10-14-35)34-22-5-8-25(38(39)40)24(19-22)27(31,32)33/h3-8,19,21,34H,1-2,9-18H2. The number of nitrogens with one attached hydrogen (secondary N) is 1. The van der Waals surface area contributed by atoms with Crippen LogP contribution in [0.15, 0.2) is 42.5 Å². The van der Waals surface area contributed by atoms with Crippen molar-refractivity contribution in [3.8, 4) is 0 Å². The summed E-state index contributed by atoms with van der Waals surface area (Å²) in [6.07, 6.45) is -5.54. The highest BCUT2D eigenvalue weighted by Gasteiger charge is 2.38. The average molecular weight is 574 g/mol. The lowest BCUT2D eigenvalue weighted by Crippen LogP contribution is -2.46. The summed E-state index contributed by atoms with van der Waals surface area (Å²) >= 11 is 0. The van der Waals surface area contributed by atoms with E-state index in [4.69, 9.17) is 0 Å². The Morgan fingerprint density at radius 1 is 0.800 bits per heavy atom. The maximum atomic E-state index is 13.2. The zero-order valence-electron chi connectivity index (χ0n) is 22.0. The lowest BCUT2D eigenvalue weighted by molar-refractivity contribution is -0.388. The van der Waals surface area contributed by atoms with E-state index in [2.05, 4.69) is 20.0 Å². The van der Waals surface area contributed by atoms with Crippen molar-refractivity contribution in [2.24, 2.45) is 0 Å². The van der Waals surface area contributed by atoms with Gasteiger partial charge in [0.05, 0.1) is 10.5 Å². The van der Waals surface area contributed by atoms with E-state index in [1.165, 1.54) is 18.2 Å². The van der Waals surface area contributed by atoms with Crippen LogP contribution in [0.5, 0.6) is 0 Å². The molecule has 4 rings (SSSR count). The zero-order valence-corrected chi connectivity index (χ0v) is 22.0. The van der Waals surface area contributed by atoms with Gasteiger partial charge in [-0.25, -0.2) is 0 Å². The first kappa shape index (κ1) is 29.9. The molecule has 2 aliphatic rings. The number of hydrogen-bond donors (Lipinski definition) is 1. The molecule has 40 heavy (non-hydrogen) atoms. The highest BCUT2D eigenvalue weighted by molar-refractivity contribution is 5.55. The molecule has 0 aliphatic carbocycles. The highest BCUT2D eigenvalue weighted by Crippen LogP contribution is 2.38. The van der Waals surface area contributed by atoms with Gasteiger partial charge in [-0.2, -0.15) is 26.3 Å². The molecule has 1 N–H and O–H groups in total. The lowest BCUT2D eigenvalue weighted by atomic mass is 10.0. The second-order valence-electron chi connectivity index (χ2n) is 10.3. The van der Waals surface area contributed by atoms with Gasteiger partial charge < -0.3 is 15.1 Å². The van der Waals surface area contributed by atoms with Crippen molar-refractivity contribution >= 4 is 17.1 Å². The van der Waals surface area contributed by atoms with Gasteiger partial charge in [-0.15, -0.1) is 0 Å². The summed E-state index contributed by atoms with van der Waals surface area (Å²) in [4.78, 5) is 16.8. The maximum Gasteiger partial charge on any atom is 0.423 e. The molecule has 2 saturated heterocycles.